The fourth-order valence-electron chi connectivity index (χ4n) is 3.69. The van der Waals surface area contributed by atoms with Crippen LogP contribution in [0.4, 0.5) is 5.69 Å². The van der Waals surface area contributed by atoms with Gasteiger partial charge in [0.05, 0.1) is 18.7 Å². The number of rotatable bonds is 5. The van der Waals surface area contributed by atoms with Crippen LogP contribution in [-0.2, 0) is 20.9 Å². The number of esters is 1. The van der Waals surface area contributed by atoms with Crippen LogP contribution in [0.3, 0.4) is 0 Å². The first-order chi connectivity index (χ1) is 14.3. The van der Waals surface area contributed by atoms with Crippen molar-refractivity contribution in [1.82, 2.24) is 19.7 Å². The molecule has 0 saturated carbocycles. The number of carbonyl (C=O) groups is 3. The predicted molar refractivity (Wildman–Crippen MR) is 110 cm³/mol. The Morgan fingerprint density at radius 3 is 2.73 bits per heavy atom. The lowest BCUT2D eigenvalue weighted by Gasteiger charge is -2.24. The molecule has 2 heterocycles. The zero-order valence-corrected chi connectivity index (χ0v) is 17.7. The first-order valence-corrected chi connectivity index (χ1v) is 10.0. The van der Waals surface area contributed by atoms with Gasteiger partial charge in [0, 0.05) is 18.8 Å². The van der Waals surface area contributed by atoms with Crippen LogP contribution >= 0.6 is 0 Å². The fourth-order valence-corrected chi connectivity index (χ4v) is 3.69. The van der Waals surface area contributed by atoms with Crippen molar-refractivity contribution < 1.29 is 19.1 Å². The van der Waals surface area contributed by atoms with Gasteiger partial charge in [0.25, 0.3) is 0 Å². The van der Waals surface area contributed by atoms with Crippen LogP contribution in [0.2, 0.25) is 0 Å². The summed E-state index contributed by atoms with van der Waals surface area (Å²) in [6, 6.07) is 4.48. The molecule has 0 bridgehead atoms. The lowest BCUT2D eigenvalue weighted by molar-refractivity contribution is -0.143. The summed E-state index contributed by atoms with van der Waals surface area (Å²) < 4.78 is 6.65. The van der Waals surface area contributed by atoms with Gasteiger partial charge in [-0.2, -0.15) is 0 Å². The van der Waals surface area contributed by atoms with Gasteiger partial charge in [-0.05, 0) is 49.4 Å². The number of amides is 2. The highest BCUT2D eigenvalue weighted by molar-refractivity contribution is 6.39. The minimum Gasteiger partial charge on any atom is -0.465 e. The van der Waals surface area contributed by atoms with Crippen molar-refractivity contribution in [2.45, 2.75) is 46.2 Å². The number of anilines is 1. The van der Waals surface area contributed by atoms with Crippen molar-refractivity contribution in [1.29, 1.82) is 0 Å². The fraction of sp³-hybridized carbons (Fsp3) is 0.476. The molecule has 9 nitrogen and oxygen atoms in total. The molecule has 1 saturated heterocycles. The molecule has 30 heavy (non-hydrogen) atoms. The van der Waals surface area contributed by atoms with Crippen molar-refractivity contribution >= 4 is 23.5 Å². The third-order valence-corrected chi connectivity index (χ3v) is 5.11. The number of nitrogens with one attached hydrogen (secondary N) is 1. The maximum atomic E-state index is 12.9. The van der Waals surface area contributed by atoms with E-state index < -0.39 is 17.8 Å². The zero-order chi connectivity index (χ0) is 21.8. The Morgan fingerprint density at radius 1 is 1.30 bits per heavy atom. The van der Waals surface area contributed by atoms with E-state index in [1.54, 1.807) is 36.4 Å². The van der Waals surface area contributed by atoms with Crippen molar-refractivity contribution in [2.75, 3.05) is 19.0 Å². The van der Waals surface area contributed by atoms with E-state index in [9.17, 15) is 14.4 Å². The van der Waals surface area contributed by atoms with Crippen molar-refractivity contribution in [3.63, 3.8) is 0 Å². The third-order valence-electron chi connectivity index (χ3n) is 5.11. The topological polar surface area (TPSA) is 106 Å². The summed E-state index contributed by atoms with van der Waals surface area (Å²) in [7, 11) is 1.31. The van der Waals surface area contributed by atoms with Gasteiger partial charge in [0.2, 0.25) is 0 Å². The van der Waals surface area contributed by atoms with Gasteiger partial charge < -0.3 is 19.5 Å². The van der Waals surface area contributed by atoms with Crippen molar-refractivity contribution in [3.05, 3.63) is 41.5 Å². The molecule has 0 unspecified atom stereocenters. The Balaban J connectivity index is 1.74. The van der Waals surface area contributed by atoms with Crippen LogP contribution in [-0.4, -0.2) is 51.1 Å². The van der Waals surface area contributed by atoms with Crippen molar-refractivity contribution in [2.24, 2.45) is 5.92 Å². The lowest BCUT2D eigenvalue weighted by Crippen LogP contribution is -2.40. The summed E-state index contributed by atoms with van der Waals surface area (Å²) in [5.41, 5.74) is 1.51. The highest BCUT2D eigenvalue weighted by Gasteiger charge is 2.36. The summed E-state index contributed by atoms with van der Waals surface area (Å²) >= 11 is 0. The second-order valence-corrected chi connectivity index (χ2v) is 7.87. The molecule has 2 amide bonds. The Bertz CT molecular complexity index is 953. The molecule has 1 aromatic carbocycles. The van der Waals surface area contributed by atoms with Crippen LogP contribution in [0.25, 0.3) is 0 Å². The molecule has 160 valence electrons. The van der Waals surface area contributed by atoms with E-state index in [1.165, 1.54) is 7.11 Å². The summed E-state index contributed by atoms with van der Waals surface area (Å²) in [6.07, 6.45) is 3.20. The number of aryl methyl sites for hydroxylation is 1. The number of hydrogen-bond donors (Lipinski definition) is 1. The van der Waals surface area contributed by atoms with Gasteiger partial charge in [-0.25, -0.2) is 4.79 Å². The number of methoxy groups -OCH3 is 1. The second kappa shape index (κ2) is 9.06. The molecule has 2 aromatic rings. The molecule has 1 aliphatic rings. The second-order valence-electron chi connectivity index (χ2n) is 7.87. The van der Waals surface area contributed by atoms with Gasteiger partial charge in [-0.15, -0.1) is 10.2 Å². The molecule has 0 radical (unpaired) electrons. The number of nitrogens with zero attached hydrogens (tertiary/aromatic N) is 4. The van der Waals surface area contributed by atoms with E-state index >= 15 is 0 Å². The quantitative estimate of drug-likeness (QED) is 0.596. The Morgan fingerprint density at radius 2 is 2.07 bits per heavy atom. The van der Waals surface area contributed by atoms with E-state index in [0.29, 0.717) is 35.1 Å². The van der Waals surface area contributed by atoms with Gasteiger partial charge in [-0.1, -0.05) is 13.8 Å². The zero-order valence-electron chi connectivity index (χ0n) is 17.7. The van der Waals surface area contributed by atoms with E-state index in [-0.39, 0.29) is 6.04 Å². The molecule has 9 heteroatoms. The summed E-state index contributed by atoms with van der Waals surface area (Å²) in [5, 5.41) is 10.9. The molecule has 1 aliphatic heterocycles. The molecule has 3 rings (SSSR count). The van der Waals surface area contributed by atoms with Crippen molar-refractivity contribution in [3.8, 4) is 0 Å². The van der Waals surface area contributed by atoms with Crippen LogP contribution in [0.1, 0.15) is 54.5 Å². The van der Waals surface area contributed by atoms with Crippen LogP contribution in [0.15, 0.2) is 24.5 Å². The molecule has 1 N–H and O–H groups in total. The molecule has 0 spiro atoms. The van der Waals surface area contributed by atoms with E-state index in [2.05, 4.69) is 29.4 Å². The number of carbonyl (C=O) groups excluding carboxylic acids is 3. The number of ether oxygens (including phenoxy) is 1. The highest BCUT2D eigenvalue weighted by Crippen LogP contribution is 2.31. The summed E-state index contributed by atoms with van der Waals surface area (Å²) in [5.74, 6) is -0.665. The molecule has 1 atom stereocenters. The molecule has 1 fully saturated rings. The van der Waals surface area contributed by atoms with E-state index in [4.69, 9.17) is 4.74 Å². The maximum absolute atomic E-state index is 12.9. The SMILES string of the molecule is COC(=O)c1ccc(NC(=O)C(=O)N2CCC[C@@H]2c2nncn2CC(C)C)c(C)c1. The number of aromatic nitrogens is 3. The van der Waals surface area contributed by atoms with E-state index in [1.807, 2.05) is 4.57 Å². The van der Waals surface area contributed by atoms with Crippen LogP contribution in [0.5, 0.6) is 0 Å². The average molecular weight is 413 g/mol. The monoisotopic (exact) mass is 413 g/mol. The lowest BCUT2D eigenvalue weighted by atomic mass is 10.1. The Hall–Kier alpha value is -3.23. The van der Waals surface area contributed by atoms with Gasteiger partial charge in [0.15, 0.2) is 5.82 Å². The minimum absolute atomic E-state index is 0.271. The maximum Gasteiger partial charge on any atom is 0.337 e. The van der Waals surface area contributed by atoms with E-state index in [0.717, 1.165) is 19.4 Å². The Kier molecular flexibility index (Phi) is 6.49. The number of likely N-dealkylation sites (tertiary alicyclic amines) is 1. The molecular weight excluding hydrogens is 386 g/mol. The third kappa shape index (κ3) is 4.50. The summed E-state index contributed by atoms with van der Waals surface area (Å²) in [4.78, 5) is 38.8. The average Bonchev–Trinajstić information content (AvgIpc) is 3.36. The smallest absolute Gasteiger partial charge is 0.337 e. The summed E-state index contributed by atoms with van der Waals surface area (Å²) in [6.45, 7) is 7.19. The van der Waals surface area contributed by atoms with Crippen LogP contribution in [0, 0.1) is 12.8 Å². The predicted octanol–water partition coefficient (Wildman–Crippen LogP) is 2.33. The first-order valence-electron chi connectivity index (χ1n) is 10.0. The molecule has 1 aromatic heterocycles. The normalized spacial score (nSPS) is 16.0. The highest BCUT2D eigenvalue weighted by atomic mass is 16.5. The van der Waals surface area contributed by atoms with Gasteiger partial charge in [-0.3, -0.25) is 9.59 Å². The first kappa shape index (κ1) is 21.5. The number of benzene rings is 1. The van der Waals surface area contributed by atoms with Crippen LogP contribution < -0.4 is 5.32 Å². The molecule has 0 aliphatic carbocycles. The standard InChI is InChI=1S/C21H27N5O4/c1-13(2)11-25-12-22-24-18(25)17-6-5-9-26(17)20(28)19(27)23-16-8-7-15(10-14(16)3)21(29)30-4/h7-8,10,12-13,17H,5-6,9,11H2,1-4H3,(H,23,27)/t17-/m1/s1. The van der Waals surface area contributed by atoms with Gasteiger partial charge >= 0.3 is 17.8 Å². The molecular formula is C21H27N5O4. The van der Waals surface area contributed by atoms with Gasteiger partial charge in [0.1, 0.15) is 6.33 Å². The largest absolute Gasteiger partial charge is 0.465 e. The number of hydrogen-bond acceptors (Lipinski definition) is 6. The Labute approximate surface area is 175 Å². The minimum atomic E-state index is -0.717.